The lowest BCUT2D eigenvalue weighted by Crippen LogP contribution is -1.76. The molecule has 0 fully saturated rings. The molecule has 2 aromatic heterocycles. The lowest BCUT2D eigenvalue weighted by atomic mass is 10.2. The molecule has 2 heteroatoms. The van der Waals surface area contributed by atoms with Crippen LogP contribution in [-0.4, -0.2) is 4.98 Å². The number of hydrogen-bond donors (Lipinski definition) is 0. The normalized spacial score (nSPS) is 11.2. The van der Waals surface area contributed by atoms with Gasteiger partial charge in [0, 0.05) is 11.6 Å². The summed E-state index contributed by atoms with van der Waals surface area (Å²) in [6, 6.07) is 9.94. The first-order valence-corrected chi connectivity index (χ1v) is 4.59. The molecule has 14 heavy (non-hydrogen) atoms. The summed E-state index contributed by atoms with van der Waals surface area (Å²) in [7, 11) is 0. The molecule has 0 N–H and O–H groups in total. The number of para-hydroxylation sites is 1. The Balaban J connectivity index is 2.63. The first kappa shape index (κ1) is 7.56. The molecule has 2 nitrogen and oxygen atoms in total. The van der Waals surface area contributed by atoms with E-state index in [0.717, 1.165) is 27.6 Å². The first-order chi connectivity index (χ1) is 6.86. The van der Waals surface area contributed by atoms with Gasteiger partial charge in [0.1, 0.15) is 11.1 Å². The molecule has 0 bridgehead atoms. The molecule has 0 aliphatic rings. The van der Waals surface area contributed by atoms with E-state index in [9.17, 15) is 0 Å². The van der Waals surface area contributed by atoms with Crippen molar-refractivity contribution in [2.24, 2.45) is 0 Å². The summed E-state index contributed by atoms with van der Waals surface area (Å²) in [6.07, 6.45) is 1.82. The smallest absolute Gasteiger partial charge is 0.156 e. The van der Waals surface area contributed by atoms with Gasteiger partial charge in [-0.2, -0.15) is 0 Å². The monoisotopic (exact) mass is 183 g/mol. The van der Waals surface area contributed by atoms with Gasteiger partial charge >= 0.3 is 0 Å². The zero-order valence-corrected chi connectivity index (χ0v) is 7.82. The first-order valence-electron chi connectivity index (χ1n) is 4.59. The van der Waals surface area contributed by atoms with Crippen molar-refractivity contribution < 1.29 is 4.42 Å². The Morgan fingerprint density at radius 2 is 2.00 bits per heavy atom. The predicted molar refractivity (Wildman–Crippen MR) is 56.3 cm³/mol. The van der Waals surface area contributed by atoms with Crippen molar-refractivity contribution in [2.45, 2.75) is 6.92 Å². The molecule has 0 atom stereocenters. The van der Waals surface area contributed by atoms with Crippen molar-refractivity contribution >= 4 is 22.1 Å². The minimum atomic E-state index is 0.897. The van der Waals surface area contributed by atoms with Gasteiger partial charge < -0.3 is 4.42 Å². The van der Waals surface area contributed by atoms with Gasteiger partial charge in [0.05, 0.1) is 0 Å². The van der Waals surface area contributed by atoms with E-state index >= 15 is 0 Å². The van der Waals surface area contributed by atoms with Gasteiger partial charge in [-0.05, 0) is 30.7 Å². The van der Waals surface area contributed by atoms with E-state index in [0.29, 0.717) is 0 Å². The molecule has 0 saturated heterocycles. The average molecular weight is 183 g/mol. The van der Waals surface area contributed by atoms with Gasteiger partial charge in [0.15, 0.2) is 5.58 Å². The highest BCUT2D eigenvalue weighted by Crippen LogP contribution is 2.28. The fourth-order valence-corrected chi connectivity index (χ4v) is 1.73. The molecule has 0 unspecified atom stereocenters. The van der Waals surface area contributed by atoms with Crippen LogP contribution in [-0.2, 0) is 0 Å². The number of rotatable bonds is 0. The Bertz CT molecular complexity index is 610. The van der Waals surface area contributed by atoms with Crippen molar-refractivity contribution in [3.8, 4) is 0 Å². The SMILES string of the molecule is Cc1ccnc2c1oc1ccccc12. The van der Waals surface area contributed by atoms with Crippen LogP contribution in [0.5, 0.6) is 0 Å². The van der Waals surface area contributed by atoms with Crippen LogP contribution in [0.4, 0.5) is 0 Å². The van der Waals surface area contributed by atoms with E-state index in [1.54, 1.807) is 0 Å². The minimum Gasteiger partial charge on any atom is -0.454 e. The van der Waals surface area contributed by atoms with Crippen LogP contribution >= 0.6 is 0 Å². The number of benzene rings is 1. The quantitative estimate of drug-likeness (QED) is 0.534. The molecule has 0 aliphatic carbocycles. The number of hydrogen-bond acceptors (Lipinski definition) is 2. The number of aromatic nitrogens is 1. The average Bonchev–Trinajstić information content (AvgIpc) is 2.59. The maximum absolute atomic E-state index is 5.72. The second-order valence-corrected chi connectivity index (χ2v) is 3.40. The van der Waals surface area contributed by atoms with Crippen LogP contribution in [0.15, 0.2) is 40.9 Å². The topological polar surface area (TPSA) is 26.0 Å². The number of aryl methyl sites for hydroxylation is 1. The Labute approximate surface area is 81.2 Å². The second kappa shape index (κ2) is 2.58. The molecule has 1 aromatic carbocycles. The predicted octanol–water partition coefficient (Wildman–Crippen LogP) is 3.29. The summed E-state index contributed by atoms with van der Waals surface area (Å²) in [6.45, 7) is 2.03. The summed E-state index contributed by atoms with van der Waals surface area (Å²) in [5.74, 6) is 0. The highest BCUT2D eigenvalue weighted by molar-refractivity contribution is 6.03. The van der Waals surface area contributed by atoms with E-state index in [2.05, 4.69) is 4.98 Å². The lowest BCUT2D eigenvalue weighted by Gasteiger charge is -1.90. The highest BCUT2D eigenvalue weighted by Gasteiger charge is 2.07. The summed E-state index contributed by atoms with van der Waals surface area (Å²) >= 11 is 0. The largest absolute Gasteiger partial charge is 0.454 e. The molecule has 0 amide bonds. The molecule has 0 spiro atoms. The molecule has 68 valence electrons. The maximum atomic E-state index is 5.72. The highest BCUT2D eigenvalue weighted by atomic mass is 16.3. The van der Waals surface area contributed by atoms with E-state index < -0.39 is 0 Å². The fraction of sp³-hybridized carbons (Fsp3) is 0.0833. The Hall–Kier alpha value is -1.83. The van der Waals surface area contributed by atoms with Crippen LogP contribution in [0.3, 0.4) is 0 Å². The van der Waals surface area contributed by atoms with Crippen molar-refractivity contribution in [3.63, 3.8) is 0 Å². The molecule has 3 aromatic rings. The van der Waals surface area contributed by atoms with Crippen molar-refractivity contribution in [3.05, 3.63) is 42.1 Å². The third-order valence-corrected chi connectivity index (χ3v) is 2.46. The number of furan rings is 1. The van der Waals surface area contributed by atoms with Crippen LogP contribution in [0.2, 0.25) is 0 Å². The van der Waals surface area contributed by atoms with Crippen LogP contribution in [0.1, 0.15) is 5.56 Å². The standard InChI is InChI=1S/C12H9NO/c1-8-6-7-13-11-9-4-2-3-5-10(9)14-12(8)11/h2-7H,1H3. The summed E-state index contributed by atoms with van der Waals surface area (Å²) in [5.41, 5.74) is 3.89. The van der Waals surface area contributed by atoms with Crippen molar-refractivity contribution in [1.82, 2.24) is 4.98 Å². The number of nitrogens with zero attached hydrogens (tertiary/aromatic N) is 1. The molecule has 0 aliphatic heterocycles. The van der Waals surface area contributed by atoms with Crippen molar-refractivity contribution in [2.75, 3.05) is 0 Å². The lowest BCUT2D eigenvalue weighted by molar-refractivity contribution is 0.665. The number of pyridine rings is 1. The second-order valence-electron chi connectivity index (χ2n) is 3.40. The van der Waals surface area contributed by atoms with E-state index in [1.165, 1.54) is 0 Å². The Morgan fingerprint density at radius 1 is 1.14 bits per heavy atom. The van der Waals surface area contributed by atoms with Gasteiger partial charge in [-0.1, -0.05) is 12.1 Å². The maximum Gasteiger partial charge on any atom is 0.156 e. The zero-order chi connectivity index (χ0) is 9.54. The van der Waals surface area contributed by atoms with E-state index in [1.807, 2.05) is 43.5 Å². The summed E-state index contributed by atoms with van der Waals surface area (Å²) in [5, 5.41) is 1.09. The summed E-state index contributed by atoms with van der Waals surface area (Å²) in [4.78, 5) is 4.34. The van der Waals surface area contributed by atoms with Gasteiger partial charge in [-0.3, -0.25) is 4.98 Å². The van der Waals surface area contributed by atoms with Gasteiger partial charge in [-0.15, -0.1) is 0 Å². The molecular formula is C12H9NO. The molecule has 3 rings (SSSR count). The van der Waals surface area contributed by atoms with Gasteiger partial charge in [0.25, 0.3) is 0 Å². The number of fused-ring (bicyclic) bond motifs is 3. The van der Waals surface area contributed by atoms with Crippen LogP contribution in [0, 0.1) is 6.92 Å². The van der Waals surface area contributed by atoms with Gasteiger partial charge in [-0.25, -0.2) is 0 Å². The molecule has 0 radical (unpaired) electrons. The van der Waals surface area contributed by atoms with Crippen molar-refractivity contribution in [1.29, 1.82) is 0 Å². The third-order valence-electron chi connectivity index (χ3n) is 2.46. The molecule has 2 heterocycles. The zero-order valence-electron chi connectivity index (χ0n) is 7.82. The fourth-order valence-electron chi connectivity index (χ4n) is 1.73. The van der Waals surface area contributed by atoms with Crippen LogP contribution < -0.4 is 0 Å². The Morgan fingerprint density at radius 3 is 2.93 bits per heavy atom. The molecule has 0 saturated carbocycles. The summed E-state index contributed by atoms with van der Waals surface area (Å²) < 4.78 is 5.72. The Kier molecular flexibility index (Phi) is 1.39. The third kappa shape index (κ3) is 0.880. The van der Waals surface area contributed by atoms with Gasteiger partial charge in [0.2, 0.25) is 0 Å². The van der Waals surface area contributed by atoms with Crippen LogP contribution in [0.25, 0.3) is 22.1 Å². The minimum absolute atomic E-state index is 0.897. The van der Waals surface area contributed by atoms with E-state index in [4.69, 9.17) is 4.42 Å². The molecular weight excluding hydrogens is 174 g/mol. The van der Waals surface area contributed by atoms with E-state index in [-0.39, 0.29) is 0 Å².